The van der Waals surface area contributed by atoms with Gasteiger partial charge in [0.25, 0.3) is 0 Å². The van der Waals surface area contributed by atoms with Gasteiger partial charge in [-0.05, 0) is 90.0 Å². The molecule has 0 unspecified atom stereocenters. The molecule has 4 rings (SSSR count). The summed E-state index contributed by atoms with van der Waals surface area (Å²) in [5, 5.41) is 2.70. The van der Waals surface area contributed by atoms with Gasteiger partial charge in [0.1, 0.15) is 6.61 Å². The fraction of sp³-hybridized carbons (Fsp3) is 0.179. The molecule has 1 N–H and O–H groups in total. The minimum absolute atomic E-state index is 0.162. The van der Waals surface area contributed by atoms with E-state index in [4.69, 9.17) is 14.2 Å². The quantitative estimate of drug-likeness (QED) is 0.200. The van der Waals surface area contributed by atoms with Gasteiger partial charge in [-0.25, -0.2) is 9.79 Å². The van der Waals surface area contributed by atoms with Gasteiger partial charge in [-0.2, -0.15) is 0 Å². The maximum Gasteiger partial charge on any atom is 0.363 e. The lowest BCUT2D eigenvalue weighted by molar-refractivity contribution is -0.129. The molecule has 8 heteroatoms. The largest absolute Gasteiger partial charge is 0.490 e. The smallest absolute Gasteiger partial charge is 0.363 e. The molecule has 0 atom stereocenters. The van der Waals surface area contributed by atoms with Crippen LogP contribution < -0.4 is 14.8 Å². The van der Waals surface area contributed by atoms with Crippen LogP contribution in [0.1, 0.15) is 36.1 Å². The number of hydrogen-bond donors (Lipinski definition) is 1. The van der Waals surface area contributed by atoms with Crippen LogP contribution in [0.4, 0.5) is 5.69 Å². The van der Waals surface area contributed by atoms with Gasteiger partial charge in [-0.3, -0.25) is 4.79 Å². The Bertz CT molecular complexity index is 1360. The maximum atomic E-state index is 12.5. The Morgan fingerprint density at radius 2 is 1.89 bits per heavy atom. The number of ether oxygens (including phenoxy) is 3. The standard InChI is InChI=1S/C28H25IN2O5/c1-4-34-25-15-20(13-23(29)26(25)35-16-19-7-5-6-17(2)12-19)14-24-28(33)36-27(31-24)21-8-10-22(11-9-21)30-18(3)32/h5-15H,4,16H2,1-3H3,(H,30,32)/b24-14-. The van der Waals surface area contributed by atoms with E-state index in [1.54, 1.807) is 30.3 Å². The second-order valence-electron chi connectivity index (χ2n) is 8.14. The number of esters is 1. The molecular formula is C28H25IN2O5. The Balaban J connectivity index is 1.57. The van der Waals surface area contributed by atoms with Crippen molar-refractivity contribution in [2.45, 2.75) is 27.4 Å². The fourth-order valence-electron chi connectivity index (χ4n) is 3.62. The summed E-state index contributed by atoms with van der Waals surface area (Å²) in [6.45, 7) is 6.28. The van der Waals surface area contributed by atoms with Crippen molar-refractivity contribution in [1.82, 2.24) is 0 Å². The summed E-state index contributed by atoms with van der Waals surface area (Å²) >= 11 is 2.20. The predicted molar refractivity (Wildman–Crippen MR) is 147 cm³/mol. The highest BCUT2D eigenvalue weighted by Gasteiger charge is 2.24. The van der Waals surface area contributed by atoms with Crippen LogP contribution in [0.3, 0.4) is 0 Å². The molecule has 1 aliphatic heterocycles. The minimum Gasteiger partial charge on any atom is -0.490 e. The van der Waals surface area contributed by atoms with E-state index in [1.807, 2.05) is 44.2 Å². The second kappa shape index (κ2) is 11.4. The number of amides is 1. The topological polar surface area (TPSA) is 86.2 Å². The van der Waals surface area contributed by atoms with E-state index >= 15 is 0 Å². The van der Waals surface area contributed by atoms with E-state index in [0.717, 1.165) is 14.7 Å². The van der Waals surface area contributed by atoms with Crippen LogP contribution in [-0.2, 0) is 20.9 Å². The molecular weight excluding hydrogens is 571 g/mol. The molecule has 1 heterocycles. The highest BCUT2D eigenvalue weighted by molar-refractivity contribution is 14.1. The van der Waals surface area contributed by atoms with Gasteiger partial charge in [0.05, 0.1) is 10.2 Å². The van der Waals surface area contributed by atoms with Crippen molar-refractivity contribution < 1.29 is 23.8 Å². The monoisotopic (exact) mass is 596 g/mol. The summed E-state index contributed by atoms with van der Waals surface area (Å²) in [6, 6.07) is 18.8. The number of aliphatic imine (C=N–C) groups is 1. The lowest BCUT2D eigenvalue weighted by atomic mass is 10.1. The van der Waals surface area contributed by atoms with Crippen molar-refractivity contribution >= 4 is 52.1 Å². The number of carbonyl (C=O) groups is 2. The lowest BCUT2D eigenvalue weighted by Crippen LogP contribution is -2.07. The van der Waals surface area contributed by atoms with E-state index in [9.17, 15) is 9.59 Å². The van der Waals surface area contributed by atoms with Crippen molar-refractivity contribution in [3.63, 3.8) is 0 Å². The maximum absolute atomic E-state index is 12.5. The van der Waals surface area contributed by atoms with Crippen LogP contribution in [0.5, 0.6) is 11.5 Å². The zero-order valence-corrected chi connectivity index (χ0v) is 22.3. The first-order chi connectivity index (χ1) is 17.3. The molecule has 1 aliphatic rings. The zero-order chi connectivity index (χ0) is 25.7. The molecule has 0 aromatic heterocycles. The van der Waals surface area contributed by atoms with Gasteiger partial charge < -0.3 is 19.5 Å². The van der Waals surface area contributed by atoms with E-state index in [0.29, 0.717) is 36.0 Å². The number of rotatable bonds is 8. The van der Waals surface area contributed by atoms with Gasteiger partial charge in [0, 0.05) is 18.2 Å². The van der Waals surface area contributed by atoms with Crippen LogP contribution >= 0.6 is 22.6 Å². The Morgan fingerprint density at radius 1 is 1.11 bits per heavy atom. The predicted octanol–water partition coefficient (Wildman–Crippen LogP) is 5.88. The highest BCUT2D eigenvalue weighted by Crippen LogP contribution is 2.36. The van der Waals surface area contributed by atoms with E-state index in [2.05, 4.69) is 39.0 Å². The highest BCUT2D eigenvalue weighted by atomic mass is 127. The van der Waals surface area contributed by atoms with E-state index < -0.39 is 5.97 Å². The van der Waals surface area contributed by atoms with E-state index in [-0.39, 0.29) is 17.5 Å². The lowest BCUT2D eigenvalue weighted by Gasteiger charge is -2.15. The van der Waals surface area contributed by atoms with Crippen LogP contribution in [-0.4, -0.2) is 24.4 Å². The molecule has 0 spiro atoms. The minimum atomic E-state index is -0.538. The molecule has 0 bridgehead atoms. The third kappa shape index (κ3) is 6.31. The summed E-state index contributed by atoms with van der Waals surface area (Å²) in [7, 11) is 0. The van der Waals surface area contributed by atoms with Crippen LogP contribution in [0.15, 0.2) is 71.4 Å². The van der Waals surface area contributed by atoms with Crippen molar-refractivity contribution in [3.8, 4) is 11.5 Å². The summed E-state index contributed by atoms with van der Waals surface area (Å²) in [6.07, 6.45) is 1.66. The molecule has 3 aromatic rings. The third-order valence-corrected chi connectivity index (χ3v) is 5.97. The first-order valence-electron chi connectivity index (χ1n) is 11.4. The molecule has 0 saturated heterocycles. The van der Waals surface area contributed by atoms with E-state index in [1.165, 1.54) is 12.5 Å². The summed E-state index contributed by atoms with van der Waals surface area (Å²) in [4.78, 5) is 28.1. The molecule has 0 saturated carbocycles. The SMILES string of the molecule is CCOc1cc(/C=C2\N=C(c3ccc(NC(C)=O)cc3)OC2=O)cc(I)c1OCc1cccc(C)c1. The Morgan fingerprint density at radius 3 is 2.58 bits per heavy atom. The molecule has 0 fully saturated rings. The molecule has 36 heavy (non-hydrogen) atoms. The Hall–Kier alpha value is -3.66. The number of cyclic esters (lactones) is 1. The van der Waals surface area contributed by atoms with Crippen molar-refractivity contribution in [1.29, 1.82) is 0 Å². The van der Waals surface area contributed by atoms with Gasteiger partial charge in [-0.1, -0.05) is 29.8 Å². The van der Waals surface area contributed by atoms with Crippen molar-refractivity contribution in [3.05, 3.63) is 92.2 Å². The molecule has 184 valence electrons. The number of carbonyl (C=O) groups excluding carboxylic acids is 2. The summed E-state index contributed by atoms with van der Waals surface area (Å²) < 4.78 is 18.2. The third-order valence-electron chi connectivity index (χ3n) is 5.17. The normalized spacial score (nSPS) is 13.8. The Labute approximate surface area is 223 Å². The molecule has 0 aliphatic carbocycles. The van der Waals surface area contributed by atoms with Gasteiger partial charge >= 0.3 is 5.97 Å². The number of anilines is 1. The van der Waals surface area contributed by atoms with Crippen molar-refractivity contribution in [2.75, 3.05) is 11.9 Å². The number of nitrogens with zero attached hydrogens (tertiary/aromatic N) is 1. The summed E-state index contributed by atoms with van der Waals surface area (Å²) in [5.41, 5.74) is 4.44. The average molecular weight is 596 g/mol. The number of halogens is 1. The van der Waals surface area contributed by atoms with Gasteiger partial charge in [0.15, 0.2) is 17.2 Å². The zero-order valence-electron chi connectivity index (χ0n) is 20.1. The Kier molecular flexibility index (Phi) is 8.04. The number of benzene rings is 3. The molecule has 3 aromatic carbocycles. The first kappa shape index (κ1) is 25.4. The number of aryl methyl sites for hydroxylation is 1. The summed E-state index contributed by atoms with van der Waals surface area (Å²) in [5.74, 6) is 0.749. The molecule has 1 amide bonds. The molecule has 0 radical (unpaired) electrons. The fourth-order valence-corrected chi connectivity index (χ4v) is 4.40. The van der Waals surface area contributed by atoms with Crippen LogP contribution in [0.25, 0.3) is 6.08 Å². The average Bonchev–Trinajstić information content (AvgIpc) is 3.19. The van der Waals surface area contributed by atoms with Crippen LogP contribution in [0, 0.1) is 10.5 Å². The molecule has 7 nitrogen and oxygen atoms in total. The van der Waals surface area contributed by atoms with Crippen molar-refractivity contribution in [2.24, 2.45) is 4.99 Å². The van der Waals surface area contributed by atoms with Gasteiger partial charge in [-0.15, -0.1) is 0 Å². The number of hydrogen-bond acceptors (Lipinski definition) is 6. The number of nitrogens with one attached hydrogen (secondary N) is 1. The first-order valence-corrected chi connectivity index (χ1v) is 12.5. The van der Waals surface area contributed by atoms with Crippen LogP contribution in [0.2, 0.25) is 0 Å². The van der Waals surface area contributed by atoms with Gasteiger partial charge in [0.2, 0.25) is 11.8 Å². The second-order valence-corrected chi connectivity index (χ2v) is 9.30.